The molecule has 0 spiro atoms. The van der Waals surface area contributed by atoms with Crippen LogP contribution in [0.5, 0.6) is 11.5 Å². The third-order valence-corrected chi connectivity index (χ3v) is 5.38. The maximum absolute atomic E-state index is 10.3. The highest BCUT2D eigenvalue weighted by molar-refractivity contribution is 5.43. The summed E-state index contributed by atoms with van der Waals surface area (Å²) in [6.07, 6.45) is -0.717. The van der Waals surface area contributed by atoms with E-state index in [-0.39, 0.29) is 12.7 Å². The number of aliphatic hydroxyl groups excluding tert-OH is 2. The number of methoxy groups -OCH3 is 1. The first-order valence-corrected chi connectivity index (χ1v) is 9.90. The van der Waals surface area contributed by atoms with Gasteiger partial charge in [-0.25, -0.2) is 0 Å². The van der Waals surface area contributed by atoms with Gasteiger partial charge < -0.3 is 24.6 Å². The summed E-state index contributed by atoms with van der Waals surface area (Å²) in [5, 5.41) is 19.7. The number of likely N-dealkylation sites (tertiary alicyclic amines) is 1. The number of likely N-dealkylation sites (N-methyl/N-ethyl adjacent to an activating group) is 1. The van der Waals surface area contributed by atoms with Crippen molar-refractivity contribution in [2.45, 2.75) is 25.7 Å². The minimum atomic E-state index is -0.523. The van der Waals surface area contributed by atoms with Crippen LogP contribution in [0, 0.1) is 0 Å². The molecule has 3 rings (SSSR count). The Bertz CT molecular complexity index is 587. The van der Waals surface area contributed by atoms with E-state index in [0.29, 0.717) is 18.0 Å². The van der Waals surface area contributed by atoms with Gasteiger partial charge in [0.25, 0.3) is 0 Å². The van der Waals surface area contributed by atoms with E-state index in [1.54, 1.807) is 7.11 Å². The topological polar surface area (TPSA) is 68.6 Å². The van der Waals surface area contributed by atoms with Crippen LogP contribution in [0.25, 0.3) is 0 Å². The zero-order chi connectivity index (χ0) is 19.2. The van der Waals surface area contributed by atoms with E-state index in [2.05, 4.69) is 21.6 Å². The molecule has 0 aromatic heterocycles. The fourth-order valence-corrected chi connectivity index (χ4v) is 3.68. The maximum Gasteiger partial charge on any atom is 0.161 e. The van der Waals surface area contributed by atoms with E-state index >= 15 is 0 Å². The Morgan fingerprint density at radius 1 is 1.07 bits per heavy atom. The van der Waals surface area contributed by atoms with Gasteiger partial charge in [-0.05, 0) is 24.2 Å². The molecule has 2 N–H and O–H groups in total. The molecule has 0 saturated carbocycles. The highest BCUT2D eigenvalue weighted by Gasteiger charge is 2.24. The van der Waals surface area contributed by atoms with E-state index in [1.165, 1.54) is 0 Å². The minimum absolute atomic E-state index is 0.194. The molecule has 152 valence electrons. The first-order valence-electron chi connectivity index (χ1n) is 9.90. The summed E-state index contributed by atoms with van der Waals surface area (Å²) < 4.78 is 11.3. The van der Waals surface area contributed by atoms with Gasteiger partial charge in [0, 0.05) is 52.4 Å². The Balaban J connectivity index is 1.45. The molecule has 0 aliphatic carbocycles. The predicted molar refractivity (Wildman–Crippen MR) is 104 cm³/mol. The van der Waals surface area contributed by atoms with Crippen LogP contribution in [0.15, 0.2) is 18.2 Å². The van der Waals surface area contributed by atoms with Crippen LogP contribution in [-0.2, 0) is 6.54 Å². The van der Waals surface area contributed by atoms with Crippen LogP contribution in [-0.4, -0.2) is 103 Å². The second-order valence-corrected chi connectivity index (χ2v) is 7.53. The van der Waals surface area contributed by atoms with E-state index in [1.807, 2.05) is 18.2 Å². The molecule has 0 amide bonds. The first-order chi connectivity index (χ1) is 13.1. The number of rotatable bonds is 9. The quantitative estimate of drug-likeness (QED) is 0.637. The number of β-amino-alcohol motifs (C(OH)–C–C–N with tert-alkyl or cyclic N) is 2. The molecule has 0 bridgehead atoms. The normalized spacial score (nSPS) is 21.0. The Labute approximate surface area is 162 Å². The van der Waals surface area contributed by atoms with Gasteiger partial charge in [0.1, 0.15) is 12.7 Å². The molecule has 2 aliphatic heterocycles. The third kappa shape index (κ3) is 5.80. The minimum Gasteiger partial charge on any atom is -0.493 e. The Morgan fingerprint density at radius 3 is 2.41 bits per heavy atom. The Morgan fingerprint density at radius 2 is 1.78 bits per heavy atom. The molecule has 27 heavy (non-hydrogen) atoms. The summed E-state index contributed by atoms with van der Waals surface area (Å²) in [5.41, 5.74) is 1.13. The summed E-state index contributed by atoms with van der Waals surface area (Å²) in [6, 6.07) is 5.88. The van der Waals surface area contributed by atoms with Crippen LogP contribution in [0.1, 0.15) is 12.5 Å². The van der Waals surface area contributed by atoms with Crippen molar-refractivity contribution in [3.8, 4) is 11.5 Å². The van der Waals surface area contributed by atoms with Crippen molar-refractivity contribution in [2.75, 3.05) is 66.1 Å². The number of hydrogen-bond donors (Lipinski definition) is 2. The number of ether oxygens (including phenoxy) is 2. The molecule has 2 heterocycles. The zero-order valence-corrected chi connectivity index (χ0v) is 16.5. The average Bonchev–Trinajstić information content (AvgIpc) is 2.66. The summed E-state index contributed by atoms with van der Waals surface area (Å²) in [6.45, 7) is 10.5. The number of piperazine rings is 1. The Kier molecular flexibility index (Phi) is 7.32. The lowest BCUT2D eigenvalue weighted by Gasteiger charge is -2.35. The van der Waals surface area contributed by atoms with Gasteiger partial charge in [-0.15, -0.1) is 0 Å². The van der Waals surface area contributed by atoms with Crippen molar-refractivity contribution >= 4 is 0 Å². The van der Waals surface area contributed by atoms with E-state index in [9.17, 15) is 10.2 Å². The van der Waals surface area contributed by atoms with Crippen molar-refractivity contribution < 1.29 is 19.7 Å². The van der Waals surface area contributed by atoms with E-state index in [0.717, 1.165) is 57.9 Å². The van der Waals surface area contributed by atoms with Gasteiger partial charge >= 0.3 is 0 Å². The fourth-order valence-electron chi connectivity index (χ4n) is 3.68. The van der Waals surface area contributed by atoms with Gasteiger partial charge in [-0.2, -0.15) is 0 Å². The summed E-state index contributed by atoms with van der Waals surface area (Å²) >= 11 is 0. The summed E-state index contributed by atoms with van der Waals surface area (Å²) in [4.78, 5) is 6.90. The molecule has 0 radical (unpaired) electrons. The number of nitrogens with zero attached hydrogens (tertiary/aromatic N) is 3. The van der Waals surface area contributed by atoms with Crippen molar-refractivity contribution in [1.82, 2.24) is 14.7 Å². The lowest BCUT2D eigenvalue weighted by molar-refractivity contribution is -0.00290. The van der Waals surface area contributed by atoms with Crippen molar-refractivity contribution in [1.29, 1.82) is 0 Å². The number of benzene rings is 1. The fraction of sp³-hybridized carbons (Fsp3) is 0.700. The van der Waals surface area contributed by atoms with Crippen molar-refractivity contribution in [3.63, 3.8) is 0 Å². The SMILES string of the molecule is CCN1CCN(C[C@@H](O)COc2ccc(CN3CC(O)C3)cc2OC)CC1. The van der Waals surface area contributed by atoms with Crippen LogP contribution in [0.2, 0.25) is 0 Å². The molecule has 2 aliphatic rings. The molecule has 1 aromatic carbocycles. The molecule has 1 atom stereocenters. The van der Waals surface area contributed by atoms with Gasteiger partial charge in [0.15, 0.2) is 11.5 Å². The summed E-state index contributed by atoms with van der Waals surface area (Å²) in [5.74, 6) is 1.33. The van der Waals surface area contributed by atoms with E-state index < -0.39 is 6.10 Å². The smallest absolute Gasteiger partial charge is 0.161 e. The lowest BCUT2D eigenvalue weighted by atomic mass is 10.1. The van der Waals surface area contributed by atoms with Gasteiger partial charge in [-0.3, -0.25) is 9.80 Å². The van der Waals surface area contributed by atoms with Gasteiger partial charge in [0.2, 0.25) is 0 Å². The second kappa shape index (κ2) is 9.71. The van der Waals surface area contributed by atoms with E-state index in [4.69, 9.17) is 9.47 Å². The maximum atomic E-state index is 10.3. The Hall–Kier alpha value is -1.38. The zero-order valence-electron chi connectivity index (χ0n) is 16.5. The number of aliphatic hydroxyl groups is 2. The van der Waals surface area contributed by atoms with Crippen LogP contribution in [0.4, 0.5) is 0 Å². The molecule has 2 fully saturated rings. The average molecular weight is 380 g/mol. The molecule has 7 heteroatoms. The lowest BCUT2D eigenvalue weighted by Crippen LogP contribution is -2.49. The standard InChI is InChI=1S/C20H33N3O4/c1-3-21-6-8-22(9-7-21)14-18(25)15-27-19-5-4-16(10-20(19)26-2)11-23-12-17(24)13-23/h4-5,10,17-18,24-25H,3,6-9,11-15H2,1-2H3/t18-/m1/s1. The van der Waals surface area contributed by atoms with Crippen LogP contribution >= 0.6 is 0 Å². The number of hydrogen-bond acceptors (Lipinski definition) is 7. The first kappa shape index (κ1) is 20.4. The van der Waals surface area contributed by atoms with Crippen molar-refractivity contribution in [2.24, 2.45) is 0 Å². The highest BCUT2D eigenvalue weighted by Crippen LogP contribution is 2.29. The molecular weight excluding hydrogens is 346 g/mol. The molecule has 1 aromatic rings. The molecular formula is C20H33N3O4. The monoisotopic (exact) mass is 379 g/mol. The molecule has 2 saturated heterocycles. The second-order valence-electron chi connectivity index (χ2n) is 7.53. The summed E-state index contributed by atoms with van der Waals surface area (Å²) in [7, 11) is 1.63. The molecule has 7 nitrogen and oxygen atoms in total. The third-order valence-electron chi connectivity index (χ3n) is 5.38. The van der Waals surface area contributed by atoms with Crippen LogP contribution < -0.4 is 9.47 Å². The van der Waals surface area contributed by atoms with Crippen molar-refractivity contribution in [3.05, 3.63) is 23.8 Å². The van der Waals surface area contributed by atoms with Gasteiger partial charge in [-0.1, -0.05) is 13.0 Å². The van der Waals surface area contributed by atoms with Crippen LogP contribution in [0.3, 0.4) is 0 Å². The highest BCUT2D eigenvalue weighted by atomic mass is 16.5. The largest absolute Gasteiger partial charge is 0.493 e. The molecule has 0 unspecified atom stereocenters. The predicted octanol–water partition coefficient (Wildman–Crippen LogP) is 0.249. The van der Waals surface area contributed by atoms with Gasteiger partial charge in [0.05, 0.1) is 13.2 Å².